The third kappa shape index (κ3) is 3.76. The van der Waals surface area contributed by atoms with Gasteiger partial charge in [0.25, 0.3) is 0 Å². The molecule has 1 amide bonds. The number of anilines is 4. The Labute approximate surface area is 178 Å². The van der Waals surface area contributed by atoms with Gasteiger partial charge in [-0.15, -0.1) is 0 Å². The highest BCUT2D eigenvalue weighted by Crippen LogP contribution is 2.40. The van der Waals surface area contributed by atoms with E-state index in [1.165, 1.54) is 0 Å². The van der Waals surface area contributed by atoms with E-state index in [1.54, 1.807) is 6.20 Å². The summed E-state index contributed by atoms with van der Waals surface area (Å²) in [4.78, 5) is 22.6. The van der Waals surface area contributed by atoms with Gasteiger partial charge >= 0.3 is 0 Å². The molecule has 6 nitrogen and oxygen atoms in total. The van der Waals surface area contributed by atoms with Crippen LogP contribution in [0.3, 0.4) is 0 Å². The van der Waals surface area contributed by atoms with Crippen LogP contribution in [0.25, 0.3) is 0 Å². The van der Waals surface area contributed by atoms with E-state index in [1.807, 2.05) is 11.0 Å². The van der Waals surface area contributed by atoms with Crippen molar-refractivity contribution in [2.45, 2.75) is 39.2 Å². The standard InChI is InChI=1S/C24H30N4O2/c1-17-4-6-18(7-5-17)24(29)28-16-19-3-2-10-25-23(19)26-21-9-8-20(15-22(21)28)27-11-13-30-14-12-27/h2-3,8-10,15,17-18H,4-7,11-14,16H2,1H3,(H,25,26). The summed E-state index contributed by atoms with van der Waals surface area (Å²) in [6.45, 7) is 6.09. The van der Waals surface area contributed by atoms with Crippen LogP contribution in [-0.2, 0) is 16.1 Å². The molecule has 6 heteroatoms. The minimum Gasteiger partial charge on any atom is -0.378 e. The van der Waals surface area contributed by atoms with E-state index < -0.39 is 0 Å². The number of fused-ring (bicyclic) bond motifs is 2. The lowest BCUT2D eigenvalue weighted by Gasteiger charge is -2.33. The molecule has 1 saturated carbocycles. The summed E-state index contributed by atoms with van der Waals surface area (Å²) < 4.78 is 5.52. The van der Waals surface area contributed by atoms with Gasteiger partial charge in [-0.05, 0) is 55.9 Å². The summed E-state index contributed by atoms with van der Waals surface area (Å²) in [6, 6.07) is 10.4. The van der Waals surface area contributed by atoms with Gasteiger partial charge in [0, 0.05) is 36.5 Å². The zero-order valence-corrected chi connectivity index (χ0v) is 17.6. The number of hydrogen-bond acceptors (Lipinski definition) is 5. The number of ether oxygens (including phenoxy) is 1. The second-order valence-electron chi connectivity index (χ2n) is 8.82. The molecule has 0 unspecified atom stereocenters. The molecule has 2 fully saturated rings. The predicted octanol–water partition coefficient (Wildman–Crippen LogP) is 4.33. The second kappa shape index (κ2) is 8.26. The Morgan fingerprint density at radius 2 is 1.93 bits per heavy atom. The highest BCUT2D eigenvalue weighted by molar-refractivity contribution is 6.00. The van der Waals surface area contributed by atoms with E-state index in [2.05, 4.69) is 46.4 Å². The molecule has 3 heterocycles. The molecule has 1 N–H and O–H groups in total. The zero-order valence-electron chi connectivity index (χ0n) is 17.6. The molecule has 1 saturated heterocycles. The zero-order chi connectivity index (χ0) is 20.5. The Hall–Kier alpha value is -2.60. The topological polar surface area (TPSA) is 57.7 Å². The maximum Gasteiger partial charge on any atom is 0.230 e. The maximum atomic E-state index is 13.7. The SMILES string of the molecule is CC1CCC(C(=O)N2Cc3cccnc3Nc3ccc(N4CCOCC4)cc32)CC1. The first-order valence-electron chi connectivity index (χ1n) is 11.2. The summed E-state index contributed by atoms with van der Waals surface area (Å²) in [5, 5.41) is 3.48. The van der Waals surface area contributed by atoms with Crippen LogP contribution in [0.5, 0.6) is 0 Å². The Morgan fingerprint density at radius 1 is 1.13 bits per heavy atom. The van der Waals surface area contributed by atoms with Crippen LogP contribution in [0, 0.1) is 11.8 Å². The average Bonchev–Trinajstić information content (AvgIpc) is 2.96. The van der Waals surface area contributed by atoms with Crippen LogP contribution in [0.1, 0.15) is 38.2 Å². The van der Waals surface area contributed by atoms with Gasteiger partial charge in [-0.2, -0.15) is 0 Å². The Morgan fingerprint density at radius 3 is 2.73 bits per heavy atom. The molecule has 2 aromatic rings. The first-order chi connectivity index (χ1) is 14.7. The fraction of sp³-hybridized carbons (Fsp3) is 0.500. The van der Waals surface area contributed by atoms with Crippen molar-refractivity contribution in [2.75, 3.05) is 41.4 Å². The molecule has 1 aliphatic carbocycles. The van der Waals surface area contributed by atoms with E-state index in [4.69, 9.17) is 4.74 Å². The summed E-state index contributed by atoms with van der Waals surface area (Å²) in [5.41, 5.74) is 4.11. The highest BCUT2D eigenvalue weighted by Gasteiger charge is 2.32. The molecular formula is C24H30N4O2. The first-order valence-corrected chi connectivity index (χ1v) is 11.2. The normalized spacial score (nSPS) is 23.8. The molecule has 5 rings (SSSR count). The van der Waals surface area contributed by atoms with Crippen LogP contribution >= 0.6 is 0 Å². The molecule has 0 bridgehead atoms. The highest BCUT2D eigenvalue weighted by atomic mass is 16.5. The fourth-order valence-corrected chi connectivity index (χ4v) is 4.85. The molecule has 0 spiro atoms. The third-order valence-corrected chi connectivity index (χ3v) is 6.75. The van der Waals surface area contributed by atoms with Crippen molar-refractivity contribution in [3.63, 3.8) is 0 Å². The number of carbonyl (C=O) groups excluding carboxylic acids is 1. The van der Waals surface area contributed by atoms with E-state index in [-0.39, 0.29) is 11.8 Å². The van der Waals surface area contributed by atoms with Crippen LogP contribution in [0.4, 0.5) is 22.9 Å². The number of morpholine rings is 1. The largest absolute Gasteiger partial charge is 0.378 e. The lowest BCUT2D eigenvalue weighted by atomic mass is 9.82. The van der Waals surface area contributed by atoms with E-state index in [9.17, 15) is 4.79 Å². The van der Waals surface area contributed by atoms with E-state index >= 15 is 0 Å². The van der Waals surface area contributed by atoms with Crippen LogP contribution in [-0.4, -0.2) is 37.2 Å². The van der Waals surface area contributed by atoms with Crippen molar-refractivity contribution >= 4 is 28.8 Å². The quantitative estimate of drug-likeness (QED) is 0.804. The van der Waals surface area contributed by atoms with Gasteiger partial charge in [0.05, 0.1) is 31.1 Å². The van der Waals surface area contributed by atoms with Crippen molar-refractivity contribution in [1.82, 2.24) is 4.98 Å². The van der Waals surface area contributed by atoms with Crippen molar-refractivity contribution < 1.29 is 9.53 Å². The van der Waals surface area contributed by atoms with Crippen molar-refractivity contribution in [3.05, 3.63) is 42.1 Å². The number of hydrogen-bond donors (Lipinski definition) is 1. The molecule has 2 aliphatic heterocycles. The Balaban J connectivity index is 1.52. The van der Waals surface area contributed by atoms with E-state index in [0.29, 0.717) is 6.54 Å². The molecule has 0 radical (unpaired) electrons. The average molecular weight is 407 g/mol. The number of rotatable bonds is 2. The molecular weight excluding hydrogens is 376 g/mol. The molecule has 30 heavy (non-hydrogen) atoms. The molecule has 1 aromatic carbocycles. The smallest absolute Gasteiger partial charge is 0.230 e. The van der Waals surface area contributed by atoms with Crippen LogP contribution < -0.4 is 15.1 Å². The molecule has 0 atom stereocenters. The number of amides is 1. The van der Waals surface area contributed by atoms with Crippen molar-refractivity contribution in [3.8, 4) is 0 Å². The van der Waals surface area contributed by atoms with Crippen molar-refractivity contribution in [2.24, 2.45) is 11.8 Å². The number of aromatic nitrogens is 1. The van der Waals surface area contributed by atoms with Gasteiger partial charge < -0.3 is 19.9 Å². The summed E-state index contributed by atoms with van der Waals surface area (Å²) in [7, 11) is 0. The Kier molecular flexibility index (Phi) is 5.34. The first kappa shape index (κ1) is 19.4. The molecule has 3 aliphatic rings. The number of carbonyl (C=O) groups is 1. The minimum absolute atomic E-state index is 0.110. The lowest BCUT2D eigenvalue weighted by Crippen LogP contribution is -2.38. The number of pyridine rings is 1. The maximum absolute atomic E-state index is 13.7. The Bertz CT molecular complexity index is 917. The van der Waals surface area contributed by atoms with Crippen LogP contribution in [0.2, 0.25) is 0 Å². The van der Waals surface area contributed by atoms with Gasteiger partial charge in [0.15, 0.2) is 0 Å². The molecule has 158 valence electrons. The number of nitrogens with one attached hydrogen (secondary N) is 1. The van der Waals surface area contributed by atoms with Gasteiger partial charge in [0.1, 0.15) is 5.82 Å². The lowest BCUT2D eigenvalue weighted by molar-refractivity contribution is -0.123. The second-order valence-corrected chi connectivity index (χ2v) is 8.82. The van der Waals surface area contributed by atoms with Gasteiger partial charge in [0.2, 0.25) is 5.91 Å². The fourth-order valence-electron chi connectivity index (χ4n) is 4.85. The molecule has 1 aromatic heterocycles. The van der Waals surface area contributed by atoms with Gasteiger partial charge in [-0.1, -0.05) is 13.0 Å². The van der Waals surface area contributed by atoms with E-state index in [0.717, 1.165) is 86.3 Å². The summed E-state index contributed by atoms with van der Waals surface area (Å²) in [6.07, 6.45) is 6.06. The minimum atomic E-state index is 0.110. The summed E-state index contributed by atoms with van der Waals surface area (Å²) in [5.74, 6) is 1.93. The van der Waals surface area contributed by atoms with Gasteiger partial charge in [-0.25, -0.2) is 4.98 Å². The van der Waals surface area contributed by atoms with Gasteiger partial charge in [-0.3, -0.25) is 4.79 Å². The van der Waals surface area contributed by atoms with Crippen molar-refractivity contribution in [1.29, 1.82) is 0 Å². The monoisotopic (exact) mass is 406 g/mol. The predicted molar refractivity (Wildman–Crippen MR) is 119 cm³/mol. The third-order valence-electron chi connectivity index (χ3n) is 6.75. The summed E-state index contributed by atoms with van der Waals surface area (Å²) >= 11 is 0. The van der Waals surface area contributed by atoms with Crippen LogP contribution in [0.15, 0.2) is 36.5 Å². The number of benzene rings is 1. The number of nitrogens with zero attached hydrogens (tertiary/aromatic N) is 3.